The number of carbonyl (C=O) groups is 2. The number of hydrogen-bond donors (Lipinski definition) is 1. The third-order valence-electron chi connectivity index (χ3n) is 4.21. The van der Waals surface area contributed by atoms with Crippen LogP contribution in [0.4, 0.5) is 0 Å². The van der Waals surface area contributed by atoms with Crippen LogP contribution in [-0.4, -0.2) is 52.2 Å². The zero-order valence-corrected chi connectivity index (χ0v) is 12.9. The van der Waals surface area contributed by atoms with Crippen molar-refractivity contribution in [3.8, 4) is 0 Å². The molecule has 1 fully saturated rings. The van der Waals surface area contributed by atoms with Crippen LogP contribution >= 0.6 is 0 Å². The quantitative estimate of drug-likeness (QED) is 0.931. The highest BCUT2D eigenvalue weighted by atomic mass is 16.2. The minimum atomic E-state index is -0.210. The van der Waals surface area contributed by atoms with Gasteiger partial charge in [-0.15, -0.1) is 0 Å². The first kappa shape index (κ1) is 14.6. The Morgan fingerprint density at radius 1 is 1.45 bits per heavy atom. The van der Waals surface area contributed by atoms with Crippen LogP contribution in [0.5, 0.6) is 0 Å². The van der Waals surface area contributed by atoms with Crippen molar-refractivity contribution in [2.24, 2.45) is 5.92 Å². The first-order chi connectivity index (χ1) is 10.5. The van der Waals surface area contributed by atoms with E-state index in [2.05, 4.69) is 9.97 Å². The molecule has 0 radical (unpaired) electrons. The molecule has 1 atom stereocenters. The fourth-order valence-electron chi connectivity index (χ4n) is 2.85. The summed E-state index contributed by atoms with van der Waals surface area (Å²) in [5.41, 5.74) is 1.86. The molecule has 6 heteroatoms. The average Bonchev–Trinajstić information content (AvgIpc) is 2.91. The summed E-state index contributed by atoms with van der Waals surface area (Å²) in [6.45, 7) is 1.07. The second-order valence-electron chi connectivity index (χ2n) is 5.90. The number of para-hydroxylation sites is 2. The third-order valence-corrected chi connectivity index (χ3v) is 4.21. The van der Waals surface area contributed by atoms with Crippen molar-refractivity contribution >= 4 is 22.8 Å². The van der Waals surface area contributed by atoms with Gasteiger partial charge in [0.25, 0.3) is 0 Å². The van der Waals surface area contributed by atoms with Gasteiger partial charge in [0, 0.05) is 33.0 Å². The number of hydrogen-bond acceptors (Lipinski definition) is 3. The van der Waals surface area contributed by atoms with Gasteiger partial charge in [0.05, 0.1) is 17.6 Å². The van der Waals surface area contributed by atoms with Gasteiger partial charge in [0.2, 0.25) is 11.8 Å². The lowest BCUT2D eigenvalue weighted by Crippen LogP contribution is -2.42. The number of likely N-dealkylation sites (tertiary alicyclic amines) is 1. The van der Waals surface area contributed by atoms with Gasteiger partial charge < -0.3 is 14.8 Å². The maximum atomic E-state index is 12.5. The summed E-state index contributed by atoms with van der Waals surface area (Å²) in [6.07, 6.45) is 1.03. The number of imidazole rings is 1. The summed E-state index contributed by atoms with van der Waals surface area (Å²) in [4.78, 5) is 35.3. The molecular formula is C16H20N4O2. The highest BCUT2D eigenvalue weighted by molar-refractivity contribution is 5.86. The third kappa shape index (κ3) is 2.81. The van der Waals surface area contributed by atoms with E-state index in [4.69, 9.17) is 0 Å². The topological polar surface area (TPSA) is 69.3 Å². The van der Waals surface area contributed by atoms with Gasteiger partial charge in [-0.1, -0.05) is 12.1 Å². The Morgan fingerprint density at radius 2 is 2.23 bits per heavy atom. The van der Waals surface area contributed by atoms with Crippen LogP contribution in [0.1, 0.15) is 18.7 Å². The number of H-pyrrole nitrogens is 1. The molecule has 0 spiro atoms. The lowest BCUT2D eigenvalue weighted by molar-refractivity contribution is -0.143. The largest absolute Gasteiger partial charge is 0.346 e. The molecule has 2 aromatic rings. The summed E-state index contributed by atoms with van der Waals surface area (Å²) in [5, 5.41) is 0. The van der Waals surface area contributed by atoms with Gasteiger partial charge >= 0.3 is 0 Å². The number of benzene rings is 1. The van der Waals surface area contributed by atoms with E-state index in [9.17, 15) is 9.59 Å². The normalized spacial score (nSPS) is 18.7. The van der Waals surface area contributed by atoms with Crippen LogP contribution < -0.4 is 0 Å². The summed E-state index contributed by atoms with van der Waals surface area (Å²) in [5.74, 6) is 0.609. The standard InChI is InChI=1S/C16H20N4O2/c1-19-8-7-11(9-15(19)21)16(22)20(2)10-14-17-12-5-3-4-6-13(12)18-14/h3-6,11H,7-10H2,1-2H3,(H,17,18)/t11-/m1/s1. The number of fused-ring (bicyclic) bond motifs is 1. The van der Waals surface area contributed by atoms with Gasteiger partial charge in [0.1, 0.15) is 5.82 Å². The number of aromatic nitrogens is 2. The van der Waals surface area contributed by atoms with Crippen molar-refractivity contribution in [1.82, 2.24) is 19.8 Å². The van der Waals surface area contributed by atoms with Crippen molar-refractivity contribution in [3.05, 3.63) is 30.1 Å². The van der Waals surface area contributed by atoms with Gasteiger partial charge in [-0.25, -0.2) is 4.98 Å². The Labute approximate surface area is 129 Å². The van der Waals surface area contributed by atoms with Crippen LogP contribution in [0.2, 0.25) is 0 Å². The molecule has 0 saturated carbocycles. The predicted octanol–water partition coefficient (Wildman–Crippen LogP) is 1.39. The monoisotopic (exact) mass is 300 g/mol. The van der Waals surface area contributed by atoms with Gasteiger partial charge in [-0.05, 0) is 18.6 Å². The number of carbonyl (C=O) groups excluding carboxylic acids is 2. The van der Waals surface area contributed by atoms with Crippen molar-refractivity contribution in [1.29, 1.82) is 0 Å². The zero-order valence-electron chi connectivity index (χ0n) is 12.9. The molecule has 22 heavy (non-hydrogen) atoms. The molecule has 1 aromatic carbocycles. The SMILES string of the molecule is CN1CC[C@@H](C(=O)N(C)Cc2nc3ccccc3[nH]2)CC1=O. The summed E-state index contributed by atoms with van der Waals surface area (Å²) in [6, 6.07) is 7.78. The van der Waals surface area contributed by atoms with Crippen LogP contribution in [0.15, 0.2) is 24.3 Å². The van der Waals surface area contributed by atoms with Crippen molar-refractivity contribution < 1.29 is 9.59 Å². The second kappa shape index (κ2) is 5.79. The molecule has 0 unspecified atom stereocenters. The maximum absolute atomic E-state index is 12.5. The minimum Gasteiger partial charge on any atom is -0.346 e. The molecule has 6 nitrogen and oxygen atoms in total. The Balaban J connectivity index is 1.67. The van der Waals surface area contributed by atoms with Crippen LogP contribution in [0.25, 0.3) is 11.0 Å². The molecular weight excluding hydrogens is 280 g/mol. The first-order valence-corrected chi connectivity index (χ1v) is 7.47. The van der Waals surface area contributed by atoms with Crippen LogP contribution in [0, 0.1) is 5.92 Å². The molecule has 1 aromatic heterocycles. The summed E-state index contributed by atoms with van der Waals surface area (Å²) < 4.78 is 0. The fourth-order valence-corrected chi connectivity index (χ4v) is 2.85. The highest BCUT2D eigenvalue weighted by Crippen LogP contribution is 2.20. The van der Waals surface area contributed by atoms with Crippen molar-refractivity contribution in [2.45, 2.75) is 19.4 Å². The number of aromatic amines is 1. The van der Waals surface area contributed by atoms with Gasteiger partial charge in [0.15, 0.2) is 0 Å². The molecule has 2 amide bonds. The maximum Gasteiger partial charge on any atom is 0.226 e. The Kier molecular flexibility index (Phi) is 3.83. The van der Waals surface area contributed by atoms with Crippen LogP contribution in [0.3, 0.4) is 0 Å². The number of rotatable bonds is 3. The van der Waals surface area contributed by atoms with E-state index in [-0.39, 0.29) is 17.7 Å². The van der Waals surface area contributed by atoms with E-state index in [0.29, 0.717) is 19.5 Å². The Morgan fingerprint density at radius 3 is 2.95 bits per heavy atom. The van der Waals surface area contributed by atoms with Crippen LogP contribution in [-0.2, 0) is 16.1 Å². The number of amides is 2. The van der Waals surface area contributed by atoms with E-state index < -0.39 is 0 Å². The molecule has 1 saturated heterocycles. The molecule has 1 aliphatic heterocycles. The molecule has 3 rings (SSSR count). The van der Waals surface area contributed by atoms with Crippen molar-refractivity contribution in [2.75, 3.05) is 20.6 Å². The van der Waals surface area contributed by atoms with Crippen molar-refractivity contribution in [3.63, 3.8) is 0 Å². The smallest absolute Gasteiger partial charge is 0.226 e. The second-order valence-corrected chi connectivity index (χ2v) is 5.90. The first-order valence-electron chi connectivity index (χ1n) is 7.47. The van der Waals surface area contributed by atoms with E-state index in [1.54, 1.807) is 23.9 Å². The number of nitrogens with zero attached hydrogens (tertiary/aromatic N) is 3. The Bertz CT molecular complexity index is 676. The molecule has 1 aliphatic rings. The minimum absolute atomic E-state index is 0.0157. The predicted molar refractivity (Wildman–Crippen MR) is 82.9 cm³/mol. The molecule has 2 heterocycles. The number of piperidine rings is 1. The zero-order chi connectivity index (χ0) is 15.7. The molecule has 116 valence electrons. The van der Waals surface area contributed by atoms with E-state index in [1.165, 1.54) is 0 Å². The summed E-state index contributed by atoms with van der Waals surface area (Å²) >= 11 is 0. The van der Waals surface area contributed by atoms with E-state index >= 15 is 0 Å². The number of nitrogens with one attached hydrogen (secondary N) is 1. The lowest BCUT2D eigenvalue weighted by Gasteiger charge is -2.30. The lowest BCUT2D eigenvalue weighted by atomic mass is 9.95. The molecule has 1 N–H and O–H groups in total. The van der Waals surface area contributed by atoms with E-state index in [1.807, 2.05) is 24.3 Å². The van der Waals surface area contributed by atoms with Gasteiger partial charge in [-0.2, -0.15) is 0 Å². The molecule has 0 bridgehead atoms. The Hall–Kier alpha value is -2.37. The highest BCUT2D eigenvalue weighted by Gasteiger charge is 2.30. The molecule has 0 aliphatic carbocycles. The fraction of sp³-hybridized carbons (Fsp3) is 0.438. The average molecular weight is 300 g/mol. The van der Waals surface area contributed by atoms with Gasteiger partial charge in [-0.3, -0.25) is 9.59 Å². The summed E-state index contributed by atoms with van der Waals surface area (Å²) in [7, 11) is 3.54. The van der Waals surface area contributed by atoms with E-state index in [0.717, 1.165) is 23.3 Å².